The summed E-state index contributed by atoms with van der Waals surface area (Å²) in [7, 11) is 0. The molecule has 5 heteroatoms. The van der Waals surface area contributed by atoms with Gasteiger partial charge in [-0.15, -0.1) is 0 Å². The molecule has 0 radical (unpaired) electrons. The molecule has 2 aliphatic rings. The number of hydrogen-bond donors (Lipinski definition) is 0. The average Bonchev–Trinajstić information content (AvgIpc) is 2.55. The number of nitrogens with zero attached hydrogens (tertiary/aromatic N) is 2. The van der Waals surface area contributed by atoms with E-state index in [9.17, 15) is 9.59 Å². The molecular formula is C17H25BrN2O2. The summed E-state index contributed by atoms with van der Waals surface area (Å²) in [5, 5.41) is 0. The Morgan fingerprint density at radius 1 is 0.818 bits per heavy atom. The molecule has 0 saturated heterocycles. The van der Waals surface area contributed by atoms with Crippen molar-refractivity contribution in [3.8, 4) is 0 Å². The predicted octanol–water partition coefficient (Wildman–Crippen LogP) is 4.09. The molecule has 0 atom stereocenters. The van der Waals surface area contributed by atoms with Gasteiger partial charge in [0, 0.05) is 17.8 Å². The highest BCUT2D eigenvalue weighted by atomic mass is 79.9. The highest BCUT2D eigenvalue weighted by molar-refractivity contribution is 9.10. The molecule has 3 rings (SSSR count). The Morgan fingerprint density at radius 3 is 1.77 bits per heavy atom. The molecule has 2 saturated carbocycles. The second kappa shape index (κ2) is 6.73. The summed E-state index contributed by atoms with van der Waals surface area (Å²) in [6.07, 6.45) is 11.1. The molecule has 122 valence electrons. The second-order valence-electron chi connectivity index (χ2n) is 6.81. The van der Waals surface area contributed by atoms with Crippen LogP contribution in [-0.2, 0) is 0 Å². The molecule has 0 amide bonds. The van der Waals surface area contributed by atoms with Crippen LogP contribution < -0.4 is 11.2 Å². The smallest absolute Gasteiger partial charge is 0.294 e. The van der Waals surface area contributed by atoms with E-state index in [1.165, 1.54) is 25.7 Å². The van der Waals surface area contributed by atoms with Crippen LogP contribution in [0, 0.1) is 6.92 Å². The zero-order valence-electron chi connectivity index (χ0n) is 13.3. The van der Waals surface area contributed by atoms with Crippen molar-refractivity contribution in [2.24, 2.45) is 0 Å². The van der Waals surface area contributed by atoms with E-state index in [2.05, 4.69) is 15.9 Å². The number of rotatable bonds is 2. The molecule has 0 spiro atoms. The Hall–Kier alpha value is -0.840. The first-order valence-electron chi connectivity index (χ1n) is 8.64. The zero-order chi connectivity index (χ0) is 15.7. The van der Waals surface area contributed by atoms with Crippen LogP contribution in [0.1, 0.15) is 82.0 Å². The van der Waals surface area contributed by atoms with Crippen molar-refractivity contribution in [3.05, 3.63) is 31.0 Å². The maximum Gasteiger partial charge on any atom is 0.331 e. The Morgan fingerprint density at radius 2 is 1.27 bits per heavy atom. The summed E-state index contributed by atoms with van der Waals surface area (Å²) in [5.74, 6) is 0. The second-order valence-corrected chi connectivity index (χ2v) is 7.60. The quantitative estimate of drug-likeness (QED) is 0.788. The van der Waals surface area contributed by atoms with E-state index in [0.29, 0.717) is 4.47 Å². The summed E-state index contributed by atoms with van der Waals surface area (Å²) in [5.41, 5.74) is 0.583. The topological polar surface area (TPSA) is 44.0 Å². The Labute approximate surface area is 139 Å². The van der Waals surface area contributed by atoms with E-state index in [1.54, 1.807) is 4.57 Å². The van der Waals surface area contributed by atoms with Crippen LogP contribution in [0.15, 0.2) is 14.1 Å². The lowest BCUT2D eigenvalue weighted by atomic mass is 9.94. The van der Waals surface area contributed by atoms with E-state index in [0.717, 1.165) is 44.2 Å². The third-order valence-electron chi connectivity index (χ3n) is 5.38. The minimum Gasteiger partial charge on any atom is -0.294 e. The van der Waals surface area contributed by atoms with Crippen LogP contribution >= 0.6 is 15.9 Å². The molecule has 1 heterocycles. The fourth-order valence-electron chi connectivity index (χ4n) is 4.14. The van der Waals surface area contributed by atoms with Gasteiger partial charge in [0.25, 0.3) is 5.56 Å². The Kier molecular flexibility index (Phi) is 4.91. The summed E-state index contributed by atoms with van der Waals surface area (Å²) < 4.78 is 4.02. The van der Waals surface area contributed by atoms with Crippen molar-refractivity contribution >= 4 is 15.9 Å². The van der Waals surface area contributed by atoms with Gasteiger partial charge in [-0.05, 0) is 48.5 Å². The molecule has 0 bridgehead atoms. The third-order valence-corrected chi connectivity index (χ3v) is 6.29. The highest BCUT2D eigenvalue weighted by Crippen LogP contribution is 2.30. The lowest BCUT2D eigenvalue weighted by Gasteiger charge is -2.29. The maximum absolute atomic E-state index is 13.1. The molecule has 22 heavy (non-hydrogen) atoms. The summed E-state index contributed by atoms with van der Waals surface area (Å²) in [4.78, 5) is 25.7. The van der Waals surface area contributed by atoms with Crippen molar-refractivity contribution in [1.82, 2.24) is 9.13 Å². The van der Waals surface area contributed by atoms with Crippen LogP contribution in [0.3, 0.4) is 0 Å². The van der Waals surface area contributed by atoms with Crippen LogP contribution in [0.5, 0.6) is 0 Å². The van der Waals surface area contributed by atoms with Gasteiger partial charge in [0.1, 0.15) is 4.47 Å². The minimum absolute atomic E-state index is 0.0792. The standard InChI is InChI=1S/C17H25BrN2O2/c1-12-15(18)16(21)20(14-10-6-3-7-11-14)17(22)19(12)13-8-4-2-5-9-13/h13-14H,2-11H2,1H3. The van der Waals surface area contributed by atoms with Gasteiger partial charge >= 0.3 is 5.69 Å². The van der Waals surface area contributed by atoms with Gasteiger partial charge in [0.15, 0.2) is 0 Å². The molecular weight excluding hydrogens is 344 g/mol. The number of aromatic nitrogens is 2. The predicted molar refractivity (Wildman–Crippen MR) is 91.6 cm³/mol. The monoisotopic (exact) mass is 368 g/mol. The van der Waals surface area contributed by atoms with Crippen molar-refractivity contribution in [2.75, 3.05) is 0 Å². The van der Waals surface area contributed by atoms with Crippen LogP contribution in [0.4, 0.5) is 0 Å². The van der Waals surface area contributed by atoms with Gasteiger partial charge in [0.05, 0.1) is 0 Å². The third kappa shape index (κ3) is 2.84. The lowest BCUT2D eigenvalue weighted by Crippen LogP contribution is -2.45. The SMILES string of the molecule is Cc1c(Br)c(=O)n(C2CCCCC2)c(=O)n1C1CCCCC1. The Balaban J connectivity index is 2.11. The largest absolute Gasteiger partial charge is 0.331 e. The van der Waals surface area contributed by atoms with E-state index < -0.39 is 0 Å². The van der Waals surface area contributed by atoms with Crippen LogP contribution in [0.25, 0.3) is 0 Å². The highest BCUT2D eigenvalue weighted by Gasteiger charge is 2.26. The molecule has 0 aromatic carbocycles. The van der Waals surface area contributed by atoms with Crippen molar-refractivity contribution in [3.63, 3.8) is 0 Å². The molecule has 0 unspecified atom stereocenters. The van der Waals surface area contributed by atoms with E-state index >= 15 is 0 Å². The van der Waals surface area contributed by atoms with Gasteiger partial charge in [-0.2, -0.15) is 0 Å². The molecule has 1 aromatic heterocycles. The van der Waals surface area contributed by atoms with Gasteiger partial charge < -0.3 is 0 Å². The van der Waals surface area contributed by atoms with Crippen molar-refractivity contribution in [2.45, 2.75) is 83.2 Å². The van der Waals surface area contributed by atoms with Crippen molar-refractivity contribution < 1.29 is 0 Å². The van der Waals surface area contributed by atoms with Gasteiger partial charge in [-0.25, -0.2) is 4.79 Å². The lowest BCUT2D eigenvalue weighted by molar-refractivity contribution is 0.295. The van der Waals surface area contributed by atoms with Crippen LogP contribution in [-0.4, -0.2) is 9.13 Å². The molecule has 0 aliphatic heterocycles. The summed E-state index contributed by atoms with van der Waals surface area (Å²) >= 11 is 3.46. The molecule has 2 fully saturated rings. The maximum atomic E-state index is 13.1. The first kappa shape index (κ1) is 16.0. The Bertz CT molecular complexity index is 650. The van der Waals surface area contributed by atoms with E-state index in [4.69, 9.17) is 0 Å². The fourth-order valence-corrected chi connectivity index (χ4v) is 4.53. The summed E-state index contributed by atoms with van der Waals surface area (Å²) in [6, 6.07) is 0.341. The van der Waals surface area contributed by atoms with E-state index in [-0.39, 0.29) is 23.3 Å². The molecule has 4 nitrogen and oxygen atoms in total. The van der Waals surface area contributed by atoms with Gasteiger partial charge in [0.2, 0.25) is 0 Å². The first-order chi connectivity index (χ1) is 10.6. The minimum atomic E-state index is -0.138. The van der Waals surface area contributed by atoms with Gasteiger partial charge in [-0.3, -0.25) is 13.9 Å². The fraction of sp³-hybridized carbons (Fsp3) is 0.765. The number of halogens is 1. The molecule has 0 N–H and O–H groups in total. The first-order valence-corrected chi connectivity index (χ1v) is 9.43. The van der Waals surface area contributed by atoms with E-state index in [1.807, 2.05) is 11.5 Å². The molecule has 1 aromatic rings. The normalized spacial score (nSPS) is 21.2. The number of hydrogen-bond acceptors (Lipinski definition) is 2. The zero-order valence-corrected chi connectivity index (χ0v) is 14.9. The van der Waals surface area contributed by atoms with Gasteiger partial charge in [-0.1, -0.05) is 38.5 Å². The molecule has 2 aliphatic carbocycles. The van der Waals surface area contributed by atoms with Crippen LogP contribution in [0.2, 0.25) is 0 Å². The average molecular weight is 369 g/mol. The summed E-state index contributed by atoms with van der Waals surface area (Å²) in [6.45, 7) is 1.90. The van der Waals surface area contributed by atoms with Crippen molar-refractivity contribution in [1.29, 1.82) is 0 Å².